The first-order valence-corrected chi connectivity index (χ1v) is 5.91. The zero-order valence-corrected chi connectivity index (χ0v) is 10.2. The van der Waals surface area contributed by atoms with Gasteiger partial charge in [0.25, 0.3) is 0 Å². The van der Waals surface area contributed by atoms with Gasteiger partial charge in [-0.05, 0) is 37.9 Å². The molecule has 0 fully saturated rings. The first-order chi connectivity index (χ1) is 7.18. The van der Waals surface area contributed by atoms with Crippen molar-refractivity contribution in [1.82, 2.24) is 4.90 Å². The van der Waals surface area contributed by atoms with Gasteiger partial charge in [0.2, 0.25) is 0 Å². The second kappa shape index (κ2) is 6.62. The van der Waals surface area contributed by atoms with Crippen molar-refractivity contribution in [2.24, 2.45) is 5.92 Å². The molecule has 84 valence electrons. The Labute approximate surface area is 94.1 Å². The van der Waals surface area contributed by atoms with E-state index in [1.807, 2.05) is 0 Å². The normalized spacial score (nSPS) is 11.3. The van der Waals surface area contributed by atoms with Crippen molar-refractivity contribution in [3.05, 3.63) is 35.9 Å². The molecule has 0 unspecified atom stereocenters. The summed E-state index contributed by atoms with van der Waals surface area (Å²) in [5, 5.41) is 0. The van der Waals surface area contributed by atoms with Crippen molar-refractivity contribution in [2.75, 3.05) is 20.1 Å². The molecule has 0 aliphatic heterocycles. The summed E-state index contributed by atoms with van der Waals surface area (Å²) >= 11 is 0. The molecule has 1 aromatic rings. The minimum atomic E-state index is 0.809. The molecule has 15 heavy (non-hydrogen) atoms. The van der Waals surface area contributed by atoms with Crippen LogP contribution in [0.3, 0.4) is 0 Å². The van der Waals surface area contributed by atoms with Crippen LogP contribution in [-0.2, 0) is 6.42 Å². The molecule has 0 aliphatic rings. The Morgan fingerprint density at radius 1 is 1.07 bits per heavy atom. The maximum Gasteiger partial charge on any atom is 0.00188 e. The lowest BCUT2D eigenvalue weighted by atomic mass is 10.1. The molecule has 0 saturated carbocycles. The largest absolute Gasteiger partial charge is 0.306 e. The van der Waals surface area contributed by atoms with Gasteiger partial charge in [0.1, 0.15) is 0 Å². The van der Waals surface area contributed by atoms with E-state index in [0.29, 0.717) is 0 Å². The first kappa shape index (κ1) is 12.3. The average molecular weight is 205 g/mol. The summed E-state index contributed by atoms with van der Waals surface area (Å²) in [7, 11) is 2.21. The molecule has 0 spiro atoms. The van der Waals surface area contributed by atoms with E-state index in [0.717, 1.165) is 18.9 Å². The van der Waals surface area contributed by atoms with Gasteiger partial charge in [0.15, 0.2) is 0 Å². The first-order valence-electron chi connectivity index (χ1n) is 5.91. The molecule has 0 amide bonds. The number of likely N-dealkylation sites (N-methyl/N-ethyl adjacent to an activating group) is 1. The maximum absolute atomic E-state index is 2.42. The van der Waals surface area contributed by atoms with Crippen LogP contribution in [0, 0.1) is 5.92 Å². The minimum Gasteiger partial charge on any atom is -0.306 e. The van der Waals surface area contributed by atoms with Gasteiger partial charge < -0.3 is 4.90 Å². The second-order valence-corrected chi connectivity index (χ2v) is 4.72. The molecule has 1 heteroatoms. The monoisotopic (exact) mass is 205 g/mol. The summed E-state index contributed by atoms with van der Waals surface area (Å²) in [4.78, 5) is 2.42. The van der Waals surface area contributed by atoms with Crippen LogP contribution in [0.1, 0.15) is 25.8 Å². The third kappa shape index (κ3) is 5.58. The molecule has 0 radical (unpaired) electrons. The number of rotatable bonds is 6. The van der Waals surface area contributed by atoms with Crippen LogP contribution in [0.25, 0.3) is 0 Å². The predicted molar refractivity (Wildman–Crippen MR) is 67.1 cm³/mol. The SMILES string of the molecule is CC(C)CCN(C)CCc1ccccc1. The molecular formula is C14H23N. The Balaban J connectivity index is 2.19. The highest BCUT2D eigenvalue weighted by atomic mass is 15.1. The molecule has 0 atom stereocenters. The topological polar surface area (TPSA) is 3.24 Å². The van der Waals surface area contributed by atoms with Gasteiger partial charge in [-0.2, -0.15) is 0 Å². The van der Waals surface area contributed by atoms with E-state index in [1.165, 1.54) is 18.5 Å². The van der Waals surface area contributed by atoms with E-state index in [1.54, 1.807) is 0 Å². The van der Waals surface area contributed by atoms with E-state index in [4.69, 9.17) is 0 Å². The van der Waals surface area contributed by atoms with Gasteiger partial charge in [-0.25, -0.2) is 0 Å². The van der Waals surface area contributed by atoms with E-state index >= 15 is 0 Å². The molecule has 0 aliphatic carbocycles. The Bertz CT molecular complexity index is 253. The summed E-state index contributed by atoms with van der Waals surface area (Å²) in [6.07, 6.45) is 2.46. The summed E-state index contributed by atoms with van der Waals surface area (Å²) in [5.74, 6) is 0.809. The van der Waals surface area contributed by atoms with Crippen molar-refractivity contribution in [3.63, 3.8) is 0 Å². The van der Waals surface area contributed by atoms with Crippen molar-refractivity contribution in [3.8, 4) is 0 Å². The van der Waals surface area contributed by atoms with Gasteiger partial charge in [0.05, 0.1) is 0 Å². The molecule has 0 aromatic heterocycles. The van der Waals surface area contributed by atoms with Crippen LogP contribution in [0.4, 0.5) is 0 Å². The Kier molecular flexibility index (Phi) is 5.41. The van der Waals surface area contributed by atoms with Crippen LogP contribution >= 0.6 is 0 Å². The fraction of sp³-hybridized carbons (Fsp3) is 0.571. The quantitative estimate of drug-likeness (QED) is 0.689. The summed E-state index contributed by atoms with van der Waals surface area (Å²) in [6, 6.07) is 10.7. The lowest BCUT2D eigenvalue weighted by Gasteiger charge is -2.17. The maximum atomic E-state index is 2.42. The molecule has 1 nitrogen and oxygen atoms in total. The Hall–Kier alpha value is -0.820. The van der Waals surface area contributed by atoms with Gasteiger partial charge in [-0.15, -0.1) is 0 Å². The van der Waals surface area contributed by atoms with E-state index in [-0.39, 0.29) is 0 Å². The van der Waals surface area contributed by atoms with Crippen LogP contribution in [-0.4, -0.2) is 25.0 Å². The van der Waals surface area contributed by atoms with E-state index < -0.39 is 0 Å². The van der Waals surface area contributed by atoms with Crippen molar-refractivity contribution in [1.29, 1.82) is 0 Å². The van der Waals surface area contributed by atoms with Gasteiger partial charge in [0, 0.05) is 6.54 Å². The fourth-order valence-electron chi connectivity index (χ4n) is 1.56. The highest BCUT2D eigenvalue weighted by molar-refractivity contribution is 5.14. The molecule has 0 bridgehead atoms. The predicted octanol–water partition coefficient (Wildman–Crippen LogP) is 3.21. The van der Waals surface area contributed by atoms with Crippen molar-refractivity contribution < 1.29 is 0 Å². The van der Waals surface area contributed by atoms with Crippen molar-refractivity contribution >= 4 is 0 Å². The average Bonchev–Trinajstić information content (AvgIpc) is 2.25. The molecular weight excluding hydrogens is 182 g/mol. The van der Waals surface area contributed by atoms with Crippen LogP contribution in [0.15, 0.2) is 30.3 Å². The lowest BCUT2D eigenvalue weighted by Crippen LogP contribution is -2.23. The minimum absolute atomic E-state index is 0.809. The third-order valence-electron chi connectivity index (χ3n) is 2.71. The highest BCUT2D eigenvalue weighted by Gasteiger charge is 2.00. The van der Waals surface area contributed by atoms with Crippen LogP contribution < -0.4 is 0 Å². The standard InChI is InChI=1S/C14H23N/c1-13(2)9-11-15(3)12-10-14-7-5-4-6-8-14/h4-8,13H,9-12H2,1-3H3. The smallest absolute Gasteiger partial charge is 0.00188 e. The van der Waals surface area contributed by atoms with Crippen LogP contribution in [0.2, 0.25) is 0 Å². The summed E-state index contributed by atoms with van der Waals surface area (Å²) < 4.78 is 0. The van der Waals surface area contributed by atoms with Crippen molar-refractivity contribution in [2.45, 2.75) is 26.7 Å². The number of nitrogens with zero attached hydrogens (tertiary/aromatic N) is 1. The van der Waals surface area contributed by atoms with E-state index in [2.05, 4.69) is 56.1 Å². The van der Waals surface area contributed by atoms with Gasteiger partial charge >= 0.3 is 0 Å². The lowest BCUT2D eigenvalue weighted by molar-refractivity contribution is 0.314. The molecule has 1 rings (SSSR count). The molecule has 0 N–H and O–H groups in total. The second-order valence-electron chi connectivity index (χ2n) is 4.72. The summed E-state index contributed by atoms with van der Waals surface area (Å²) in [6.45, 7) is 6.94. The van der Waals surface area contributed by atoms with Gasteiger partial charge in [-0.1, -0.05) is 44.2 Å². The Morgan fingerprint density at radius 2 is 1.73 bits per heavy atom. The number of hydrogen-bond acceptors (Lipinski definition) is 1. The van der Waals surface area contributed by atoms with Crippen LogP contribution in [0.5, 0.6) is 0 Å². The fourth-order valence-corrected chi connectivity index (χ4v) is 1.56. The molecule has 1 aromatic carbocycles. The number of hydrogen-bond donors (Lipinski definition) is 0. The zero-order valence-electron chi connectivity index (χ0n) is 10.2. The number of benzene rings is 1. The molecule has 0 saturated heterocycles. The molecule has 0 heterocycles. The zero-order chi connectivity index (χ0) is 11.1. The van der Waals surface area contributed by atoms with E-state index in [9.17, 15) is 0 Å². The summed E-state index contributed by atoms with van der Waals surface area (Å²) in [5.41, 5.74) is 1.44. The third-order valence-corrected chi connectivity index (χ3v) is 2.71. The van der Waals surface area contributed by atoms with Gasteiger partial charge in [-0.3, -0.25) is 0 Å². The Morgan fingerprint density at radius 3 is 2.33 bits per heavy atom. The highest BCUT2D eigenvalue weighted by Crippen LogP contribution is 2.03.